The second-order valence-corrected chi connectivity index (χ2v) is 4.43. The van der Waals surface area contributed by atoms with E-state index in [1.807, 2.05) is 0 Å². The van der Waals surface area contributed by atoms with Gasteiger partial charge in [-0.1, -0.05) is 5.16 Å². The summed E-state index contributed by atoms with van der Waals surface area (Å²) in [4.78, 5) is 0. The van der Waals surface area contributed by atoms with Crippen molar-refractivity contribution >= 4 is 5.71 Å². The largest absolute Gasteiger partial charge is 0.411 e. The third-order valence-corrected chi connectivity index (χ3v) is 2.79. The van der Waals surface area contributed by atoms with Crippen LogP contribution in [0.15, 0.2) is 5.16 Å². The lowest BCUT2D eigenvalue weighted by atomic mass is 10.0. The smallest absolute Gasteiger partial charge is 0.187 e. The number of rotatable bonds is 1. The molecule has 2 aliphatic rings. The molecule has 2 rings (SSSR count). The lowest BCUT2D eigenvalue weighted by molar-refractivity contribution is -0.220. The molecule has 6 nitrogen and oxygen atoms in total. The maximum absolute atomic E-state index is 8.97. The Kier molecular flexibility index (Phi) is 2.91. The third kappa shape index (κ3) is 1.82. The summed E-state index contributed by atoms with van der Waals surface area (Å²) in [6.07, 6.45) is -1.68. The van der Waals surface area contributed by atoms with Crippen LogP contribution in [0.5, 0.6) is 0 Å². The number of hydrogen-bond acceptors (Lipinski definition) is 6. The molecule has 0 amide bonds. The monoisotopic (exact) mass is 231 g/mol. The SMILES string of the molecule is CO[C@H]1O[C@H](C)/C(=N\O)[C@@H]2OC(C)(C)O[C@@H]12. The van der Waals surface area contributed by atoms with Crippen LogP contribution in [0.3, 0.4) is 0 Å². The summed E-state index contributed by atoms with van der Waals surface area (Å²) < 4.78 is 22.1. The van der Waals surface area contributed by atoms with Gasteiger partial charge in [-0.3, -0.25) is 0 Å². The first-order valence-electron chi connectivity index (χ1n) is 5.24. The highest BCUT2D eigenvalue weighted by Gasteiger charge is 2.53. The summed E-state index contributed by atoms with van der Waals surface area (Å²) in [7, 11) is 1.55. The van der Waals surface area contributed by atoms with Gasteiger partial charge in [0.25, 0.3) is 0 Å². The Morgan fingerprint density at radius 2 is 2.06 bits per heavy atom. The van der Waals surface area contributed by atoms with Crippen molar-refractivity contribution in [3.63, 3.8) is 0 Å². The topological polar surface area (TPSA) is 69.5 Å². The van der Waals surface area contributed by atoms with Crippen molar-refractivity contribution in [2.75, 3.05) is 7.11 Å². The van der Waals surface area contributed by atoms with Crippen molar-refractivity contribution in [2.45, 2.75) is 51.2 Å². The van der Waals surface area contributed by atoms with Crippen LogP contribution in [0, 0.1) is 0 Å². The number of hydrogen-bond donors (Lipinski definition) is 1. The van der Waals surface area contributed by atoms with Gasteiger partial charge < -0.3 is 24.2 Å². The summed E-state index contributed by atoms with van der Waals surface area (Å²) in [5, 5.41) is 12.2. The van der Waals surface area contributed by atoms with Gasteiger partial charge in [-0.2, -0.15) is 0 Å². The van der Waals surface area contributed by atoms with Crippen molar-refractivity contribution in [1.29, 1.82) is 0 Å². The molecule has 0 aromatic carbocycles. The molecule has 0 bridgehead atoms. The lowest BCUT2D eigenvalue weighted by Crippen LogP contribution is -2.53. The number of oxime groups is 1. The molecule has 0 aromatic heterocycles. The Morgan fingerprint density at radius 1 is 1.38 bits per heavy atom. The van der Waals surface area contributed by atoms with Gasteiger partial charge in [0.05, 0.1) is 0 Å². The van der Waals surface area contributed by atoms with Crippen LogP contribution in [0.4, 0.5) is 0 Å². The molecule has 0 aromatic rings. The lowest BCUT2D eigenvalue weighted by Gasteiger charge is -2.34. The maximum atomic E-state index is 8.97. The van der Waals surface area contributed by atoms with Gasteiger partial charge in [-0.05, 0) is 20.8 Å². The molecule has 4 atom stereocenters. The van der Waals surface area contributed by atoms with Crippen molar-refractivity contribution in [3.05, 3.63) is 0 Å². The standard InChI is InChI=1S/C10H17NO5/c1-5-6(11-12)7-8(9(13-4)14-5)16-10(2,3)15-7/h5,7-9,12H,1-4H3/b11-6+/t5-,7+,8-,9+/m1/s1. The van der Waals surface area contributed by atoms with E-state index < -0.39 is 24.3 Å². The van der Waals surface area contributed by atoms with Crippen LogP contribution in [0.2, 0.25) is 0 Å². The summed E-state index contributed by atoms with van der Waals surface area (Å²) in [6, 6.07) is 0. The number of fused-ring (bicyclic) bond motifs is 1. The van der Waals surface area contributed by atoms with Crippen LogP contribution in [-0.2, 0) is 18.9 Å². The maximum Gasteiger partial charge on any atom is 0.187 e. The molecule has 16 heavy (non-hydrogen) atoms. The van der Waals surface area contributed by atoms with Gasteiger partial charge in [0.1, 0.15) is 24.0 Å². The van der Waals surface area contributed by atoms with E-state index in [1.54, 1.807) is 27.9 Å². The summed E-state index contributed by atoms with van der Waals surface area (Å²) >= 11 is 0. The van der Waals surface area contributed by atoms with Crippen molar-refractivity contribution in [2.24, 2.45) is 5.16 Å². The van der Waals surface area contributed by atoms with E-state index in [0.717, 1.165) is 0 Å². The molecular weight excluding hydrogens is 214 g/mol. The fourth-order valence-electron chi connectivity index (χ4n) is 2.12. The Hall–Kier alpha value is -0.690. The minimum Gasteiger partial charge on any atom is -0.411 e. The minimum atomic E-state index is -0.727. The second kappa shape index (κ2) is 3.96. The molecule has 1 N–H and O–H groups in total. The average molecular weight is 231 g/mol. The van der Waals surface area contributed by atoms with Crippen LogP contribution in [-0.4, -0.2) is 48.4 Å². The van der Waals surface area contributed by atoms with Gasteiger partial charge in [0.2, 0.25) is 0 Å². The van der Waals surface area contributed by atoms with Gasteiger partial charge in [0, 0.05) is 7.11 Å². The van der Waals surface area contributed by atoms with E-state index in [-0.39, 0.29) is 6.10 Å². The van der Waals surface area contributed by atoms with E-state index in [1.165, 1.54) is 0 Å². The quantitative estimate of drug-likeness (QED) is 0.532. The Morgan fingerprint density at radius 3 is 2.62 bits per heavy atom. The fraction of sp³-hybridized carbons (Fsp3) is 0.900. The van der Waals surface area contributed by atoms with E-state index in [2.05, 4.69) is 5.16 Å². The van der Waals surface area contributed by atoms with Crippen molar-refractivity contribution < 1.29 is 24.2 Å². The van der Waals surface area contributed by atoms with E-state index in [4.69, 9.17) is 24.2 Å². The number of nitrogens with zero attached hydrogens (tertiary/aromatic N) is 1. The number of ether oxygens (including phenoxy) is 4. The Bertz CT molecular complexity index is 304. The molecule has 0 aliphatic carbocycles. The molecule has 6 heteroatoms. The highest BCUT2D eigenvalue weighted by atomic mass is 16.8. The fourth-order valence-corrected chi connectivity index (χ4v) is 2.12. The van der Waals surface area contributed by atoms with E-state index >= 15 is 0 Å². The molecular formula is C10H17NO5. The molecule has 92 valence electrons. The average Bonchev–Trinajstić information content (AvgIpc) is 2.52. The third-order valence-electron chi connectivity index (χ3n) is 2.79. The molecule has 0 spiro atoms. The predicted octanol–water partition coefficient (Wildman–Crippen LogP) is 0.728. The van der Waals surface area contributed by atoms with Crippen LogP contribution in [0.1, 0.15) is 20.8 Å². The highest BCUT2D eigenvalue weighted by Crippen LogP contribution is 2.36. The number of methoxy groups -OCH3 is 1. The first kappa shape index (κ1) is 11.8. The summed E-state index contributed by atoms with van der Waals surface area (Å²) in [5.41, 5.74) is 0.434. The normalized spacial score (nSPS) is 44.6. The first-order valence-corrected chi connectivity index (χ1v) is 5.24. The zero-order valence-electron chi connectivity index (χ0n) is 9.84. The zero-order valence-corrected chi connectivity index (χ0v) is 9.84. The van der Waals surface area contributed by atoms with Gasteiger partial charge in [-0.15, -0.1) is 0 Å². The second-order valence-electron chi connectivity index (χ2n) is 4.43. The van der Waals surface area contributed by atoms with Crippen LogP contribution in [0.25, 0.3) is 0 Å². The Balaban J connectivity index is 2.27. The molecule has 0 saturated carbocycles. The van der Waals surface area contributed by atoms with Crippen LogP contribution < -0.4 is 0 Å². The molecule has 2 saturated heterocycles. The van der Waals surface area contributed by atoms with Gasteiger partial charge in [0.15, 0.2) is 12.1 Å². The molecule has 0 radical (unpaired) electrons. The molecule has 2 heterocycles. The minimum absolute atomic E-state index is 0.353. The zero-order chi connectivity index (χ0) is 11.9. The Labute approximate surface area is 94.1 Å². The molecule has 2 fully saturated rings. The van der Waals surface area contributed by atoms with E-state index in [0.29, 0.717) is 5.71 Å². The summed E-state index contributed by atoms with van der Waals surface area (Å²) in [6.45, 7) is 5.39. The van der Waals surface area contributed by atoms with Gasteiger partial charge in [-0.25, -0.2) is 0 Å². The first-order chi connectivity index (χ1) is 7.48. The van der Waals surface area contributed by atoms with Crippen LogP contribution >= 0.6 is 0 Å². The highest BCUT2D eigenvalue weighted by molar-refractivity contribution is 5.93. The van der Waals surface area contributed by atoms with Gasteiger partial charge >= 0.3 is 0 Å². The van der Waals surface area contributed by atoms with Crippen molar-refractivity contribution in [1.82, 2.24) is 0 Å². The van der Waals surface area contributed by atoms with E-state index in [9.17, 15) is 0 Å². The summed E-state index contributed by atoms with van der Waals surface area (Å²) in [5.74, 6) is -0.727. The molecule has 0 unspecified atom stereocenters. The van der Waals surface area contributed by atoms with Crippen molar-refractivity contribution in [3.8, 4) is 0 Å². The predicted molar refractivity (Wildman–Crippen MR) is 54.4 cm³/mol. The molecule has 2 aliphatic heterocycles.